The molecule has 2 aliphatic carbocycles. The zero-order chi connectivity index (χ0) is 12.1. The van der Waals surface area contributed by atoms with Crippen LogP contribution in [-0.2, 0) is 14.3 Å². The second-order valence-electron chi connectivity index (χ2n) is 5.40. The van der Waals surface area contributed by atoms with Crippen LogP contribution < -0.4 is 0 Å². The molecule has 0 amide bonds. The van der Waals surface area contributed by atoms with Gasteiger partial charge in [0.05, 0.1) is 12.0 Å². The Morgan fingerprint density at radius 3 is 2.50 bits per heavy atom. The Morgan fingerprint density at radius 1 is 1.44 bits per heavy atom. The fraction of sp³-hybridized carbons (Fsp3) is 0.692. The Balaban J connectivity index is 2.37. The van der Waals surface area contributed by atoms with Crippen LogP contribution in [0.5, 0.6) is 0 Å². The number of carbonyl (C=O) groups is 2. The summed E-state index contributed by atoms with van der Waals surface area (Å²) in [5.41, 5.74) is -0.684. The lowest BCUT2D eigenvalue weighted by atomic mass is 9.70. The largest absolute Gasteiger partial charge is 0.465 e. The number of carbonyl (C=O) groups excluding carboxylic acids is 2. The average Bonchev–Trinajstić information content (AvgIpc) is 2.50. The van der Waals surface area contributed by atoms with E-state index in [1.165, 1.54) is 0 Å². The van der Waals surface area contributed by atoms with Crippen molar-refractivity contribution in [2.45, 2.75) is 27.7 Å². The van der Waals surface area contributed by atoms with Gasteiger partial charge in [-0.3, -0.25) is 9.59 Å². The van der Waals surface area contributed by atoms with E-state index >= 15 is 0 Å². The minimum absolute atomic E-state index is 0.0101. The van der Waals surface area contributed by atoms with Gasteiger partial charge in [-0.25, -0.2) is 0 Å². The normalized spacial score (nSPS) is 39.1. The molecule has 0 aliphatic heterocycles. The third-order valence-electron chi connectivity index (χ3n) is 4.50. The topological polar surface area (TPSA) is 43.4 Å². The summed E-state index contributed by atoms with van der Waals surface area (Å²) in [6, 6.07) is 0. The van der Waals surface area contributed by atoms with Gasteiger partial charge in [0.25, 0.3) is 0 Å². The molecule has 2 bridgehead atoms. The molecule has 3 atom stereocenters. The molecule has 0 unspecified atom stereocenters. The number of hydrogen-bond donors (Lipinski definition) is 0. The maximum atomic E-state index is 12.3. The molecule has 0 spiro atoms. The molecule has 0 saturated heterocycles. The molecule has 0 N–H and O–H groups in total. The van der Waals surface area contributed by atoms with Gasteiger partial charge >= 0.3 is 5.97 Å². The number of ether oxygens (including phenoxy) is 1. The van der Waals surface area contributed by atoms with Crippen LogP contribution in [0.3, 0.4) is 0 Å². The first-order chi connectivity index (χ1) is 7.36. The summed E-state index contributed by atoms with van der Waals surface area (Å²) in [6.07, 6.45) is 3.96. The lowest BCUT2D eigenvalue weighted by Crippen LogP contribution is -2.34. The van der Waals surface area contributed by atoms with Crippen molar-refractivity contribution in [3.05, 3.63) is 12.2 Å². The van der Waals surface area contributed by atoms with Crippen molar-refractivity contribution in [1.82, 2.24) is 0 Å². The first-order valence-corrected chi connectivity index (χ1v) is 5.76. The van der Waals surface area contributed by atoms with Gasteiger partial charge in [0.15, 0.2) is 5.78 Å². The van der Waals surface area contributed by atoms with E-state index in [9.17, 15) is 9.59 Å². The summed E-state index contributed by atoms with van der Waals surface area (Å²) in [5, 5.41) is 0. The Bertz CT molecular complexity index is 381. The van der Waals surface area contributed by atoms with Crippen LogP contribution in [-0.4, -0.2) is 18.4 Å². The number of Topliss-reactive ketones (excluding diaryl/α,β-unsaturated/α-hetero) is 1. The molecule has 2 rings (SSSR count). The van der Waals surface area contributed by atoms with Crippen LogP contribution in [0.2, 0.25) is 0 Å². The third kappa shape index (κ3) is 1.09. The predicted molar refractivity (Wildman–Crippen MR) is 59.6 cm³/mol. The molecule has 88 valence electrons. The van der Waals surface area contributed by atoms with Crippen LogP contribution in [0.1, 0.15) is 27.7 Å². The van der Waals surface area contributed by atoms with Gasteiger partial charge in [0.1, 0.15) is 5.92 Å². The Labute approximate surface area is 95.9 Å². The smallest absolute Gasteiger partial charge is 0.317 e. The Hall–Kier alpha value is -1.12. The number of allylic oxidation sites excluding steroid dienone is 2. The van der Waals surface area contributed by atoms with Gasteiger partial charge in [-0.1, -0.05) is 26.0 Å². The van der Waals surface area contributed by atoms with Crippen LogP contribution in [0.15, 0.2) is 12.2 Å². The third-order valence-corrected chi connectivity index (χ3v) is 4.50. The van der Waals surface area contributed by atoms with Gasteiger partial charge in [-0.2, -0.15) is 0 Å². The molecule has 3 nitrogen and oxygen atoms in total. The van der Waals surface area contributed by atoms with Crippen LogP contribution >= 0.6 is 0 Å². The van der Waals surface area contributed by atoms with Crippen molar-refractivity contribution in [2.75, 3.05) is 6.61 Å². The lowest BCUT2D eigenvalue weighted by molar-refractivity contribution is -0.152. The number of hydrogen-bond acceptors (Lipinski definition) is 3. The first-order valence-electron chi connectivity index (χ1n) is 5.76. The number of ketones is 1. The maximum Gasteiger partial charge on any atom is 0.317 e. The Morgan fingerprint density at radius 2 is 2.06 bits per heavy atom. The van der Waals surface area contributed by atoms with Crippen LogP contribution in [0, 0.1) is 22.7 Å². The minimum Gasteiger partial charge on any atom is -0.465 e. The van der Waals surface area contributed by atoms with Crippen molar-refractivity contribution < 1.29 is 14.3 Å². The highest BCUT2D eigenvalue weighted by molar-refractivity contribution is 6.07. The van der Waals surface area contributed by atoms with Crippen molar-refractivity contribution in [1.29, 1.82) is 0 Å². The lowest BCUT2D eigenvalue weighted by Gasteiger charge is -2.31. The van der Waals surface area contributed by atoms with Gasteiger partial charge in [0.2, 0.25) is 0 Å². The fourth-order valence-electron chi connectivity index (χ4n) is 3.00. The molecule has 0 aromatic heterocycles. The maximum absolute atomic E-state index is 12.3. The SMILES string of the molecule is CCOC(=O)[C@H]1C(=O)[C@@]2(C)C=C[C@H]1C2(C)C. The van der Waals surface area contributed by atoms with Crippen molar-refractivity contribution >= 4 is 11.8 Å². The molecular formula is C13H18O3. The van der Waals surface area contributed by atoms with E-state index in [-0.39, 0.29) is 23.1 Å². The summed E-state index contributed by atoms with van der Waals surface area (Å²) >= 11 is 0. The van der Waals surface area contributed by atoms with E-state index < -0.39 is 11.3 Å². The molecule has 0 aromatic carbocycles. The highest BCUT2D eigenvalue weighted by Crippen LogP contribution is 2.62. The standard InChI is InChI=1S/C13H18O3/c1-5-16-11(15)9-8-6-7-13(4,10(9)14)12(8,2)3/h6-9H,5H2,1-4H3/t8-,9-,13-/m1/s1. The number of rotatable bonds is 2. The van der Waals surface area contributed by atoms with E-state index in [0.717, 1.165) is 0 Å². The van der Waals surface area contributed by atoms with Crippen LogP contribution in [0.4, 0.5) is 0 Å². The van der Waals surface area contributed by atoms with E-state index in [2.05, 4.69) is 13.8 Å². The number of esters is 1. The van der Waals surface area contributed by atoms with Gasteiger partial charge < -0.3 is 4.74 Å². The first kappa shape index (κ1) is 11.4. The molecule has 1 fully saturated rings. The second-order valence-corrected chi connectivity index (χ2v) is 5.40. The molecule has 16 heavy (non-hydrogen) atoms. The van der Waals surface area contributed by atoms with E-state index in [0.29, 0.717) is 6.61 Å². The molecule has 3 heteroatoms. The van der Waals surface area contributed by atoms with Crippen molar-refractivity contribution in [3.63, 3.8) is 0 Å². The molecule has 1 saturated carbocycles. The summed E-state index contributed by atoms with van der Waals surface area (Å²) in [5.74, 6) is -0.948. The predicted octanol–water partition coefficient (Wildman–Crippen LogP) is 1.97. The monoisotopic (exact) mass is 222 g/mol. The summed E-state index contributed by atoms with van der Waals surface area (Å²) in [6.45, 7) is 8.11. The van der Waals surface area contributed by atoms with E-state index in [4.69, 9.17) is 4.74 Å². The fourth-order valence-corrected chi connectivity index (χ4v) is 3.00. The zero-order valence-electron chi connectivity index (χ0n) is 10.2. The van der Waals surface area contributed by atoms with E-state index in [1.807, 2.05) is 19.1 Å². The highest BCUT2D eigenvalue weighted by atomic mass is 16.5. The molecule has 2 aliphatic rings. The summed E-state index contributed by atoms with van der Waals surface area (Å²) in [4.78, 5) is 24.1. The molecule has 0 radical (unpaired) electrons. The molecular weight excluding hydrogens is 204 g/mol. The second kappa shape index (κ2) is 3.19. The van der Waals surface area contributed by atoms with Gasteiger partial charge in [-0.05, 0) is 19.3 Å². The highest BCUT2D eigenvalue weighted by Gasteiger charge is 2.65. The average molecular weight is 222 g/mol. The zero-order valence-corrected chi connectivity index (χ0v) is 10.2. The van der Waals surface area contributed by atoms with E-state index in [1.54, 1.807) is 6.92 Å². The quantitative estimate of drug-likeness (QED) is 0.407. The minimum atomic E-state index is -0.593. The molecule has 0 aromatic rings. The Kier molecular flexibility index (Phi) is 2.26. The van der Waals surface area contributed by atoms with Crippen molar-refractivity contribution in [2.24, 2.45) is 22.7 Å². The molecule has 0 heterocycles. The van der Waals surface area contributed by atoms with Crippen LogP contribution in [0.25, 0.3) is 0 Å². The van der Waals surface area contributed by atoms with Gasteiger partial charge in [-0.15, -0.1) is 0 Å². The summed E-state index contributed by atoms with van der Waals surface area (Å²) < 4.78 is 4.99. The number of fused-ring (bicyclic) bond motifs is 2. The van der Waals surface area contributed by atoms with Gasteiger partial charge in [0, 0.05) is 5.92 Å². The van der Waals surface area contributed by atoms with Crippen molar-refractivity contribution in [3.8, 4) is 0 Å². The summed E-state index contributed by atoms with van der Waals surface area (Å²) in [7, 11) is 0.